The predicted octanol–water partition coefficient (Wildman–Crippen LogP) is 2.15. The molecule has 0 bridgehead atoms. The Hall–Kier alpha value is -1.51. The van der Waals surface area contributed by atoms with E-state index in [1.54, 1.807) is 0 Å². The molecule has 0 aliphatic carbocycles. The Morgan fingerprint density at radius 2 is 2.19 bits per heavy atom. The van der Waals surface area contributed by atoms with Gasteiger partial charge in [-0.2, -0.15) is 0 Å². The maximum absolute atomic E-state index is 5.87. The minimum atomic E-state index is 0.614. The van der Waals surface area contributed by atoms with Crippen molar-refractivity contribution in [2.45, 2.75) is 26.8 Å². The predicted molar refractivity (Wildman–Crippen MR) is 69.4 cm³/mol. The molecule has 0 aromatic heterocycles. The largest absolute Gasteiger partial charge is 0.370 e. The molecule has 1 aromatic carbocycles. The van der Waals surface area contributed by atoms with E-state index in [2.05, 4.69) is 43.1 Å². The monoisotopic (exact) mass is 219 g/mol. The van der Waals surface area contributed by atoms with Gasteiger partial charge in [0, 0.05) is 20.1 Å². The third-order valence-corrected chi connectivity index (χ3v) is 2.39. The fraction of sp³-hybridized carbons (Fsp3) is 0.462. The lowest BCUT2D eigenvalue weighted by atomic mass is 10.1. The van der Waals surface area contributed by atoms with E-state index in [0.29, 0.717) is 5.96 Å². The summed E-state index contributed by atoms with van der Waals surface area (Å²) in [6, 6.07) is 8.44. The Morgan fingerprint density at radius 3 is 2.81 bits per heavy atom. The molecule has 88 valence electrons. The van der Waals surface area contributed by atoms with Gasteiger partial charge in [0.25, 0.3) is 0 Å². The van der Waals surface area contributed by atoms with Crippen molar-refractivity contribution in [3.05, 3.63) is 35.4 Å². The minimum absolute atomic E-state index is 0.614. The highest BCUT2D eigenvalue weighted by atomic mass is 15.2. The number of nitrogens with zero attached hydrogens (tertiary/aromatic N) is 2. The van der Waals surface area contributed by atoms with Crippen molar-refractivity contribution < 1.29 is 0 Å². The lowest BCUT2D eigenvalue weighted by Crippen LogP contribution is -2.33. The van der Waals surface area contributed by atoms with Crippen LogP contribution in [0.1, 0.15) is 24.5 Å². The fourth-order valence-corrected chi connectivity index (χ4v) is 1.51. The van der Waals surface area contributed by atoms with Crippen molar-refractivity contribution in [2.24, 2.45) is 10.7 Å². The molecule has 3 nitrogen and oxygen atoms in total. The van der Waals surface area contributed by atoms with Crippen LogP contribution in [0, 0.1) is 6.92 Å². The molecule has 0 radical (unpaired) electrons. The third kappa shape index (κ3) is 3.93. The first kappa shape index (κ1) is 12.6. The van der Waals surface area contributed by atoms with E-state index in [1.807, 2.05) is 11.9 Å². The molecular formula is C13H21N3. The smallest absolute Gasteiger partial charge is 0.191 e. The number of guanidine groups is 1. The first-order valence-electron chi connectivity index (χ1n) is 5.70. The molecular weight excluding hydrogens is 198 g/mol. The highest BCUT2D eigenvalue weighted by molar-refractivity contribution is 5.77. The first-order valence-corrected chi connectivity index (χ1v) is 5.70. The van der Waals surface area contributed by atoms with Crippen LogP contribution in [0.5, 0.6) is 0 Å². The second-order valence-electron chi connectivity index (χ2n) is 4.09. The summed E-state index contributed by atoms with van der Waals surface area (Å²) in [4.78, 5) is 6.26. The van der Waals surface area contributed by atoms with Gasteiger partial charge in [0.15, 0.2) is 5.96 Å². The van der Waals surface area contributed by atoms with E-state index in [0.717, 1.165) is 19.5 Å². The summed E-state index contributed by atoms with van der Waals surface area (Å²) >= 11 is 0. The SMILES string of the molecule is CCCN=C(N)N(C)Cc1cccc(C)c1. The van der Waals surface area contributed by atoms with Crippen LogP contribution in [0.15, 0.2) is 29.3 Å². The zero-order valence-electron chi connectivity index (χ0n) is 10.4. The molecule has 16 heavy (non-hydrogen) atoms. The summed E-state index contributed by atoms with van der Waals surface area (Å²) < 4.78 is 0. The normalized spacial score (nSPS) is 11.6. The molecule has 3 heteroatoms. The van der Waals surface area contributed by atoms with Crippen LogP contribution >= 0.6 is 0 Å². The Morgan fingerprint density at radius 1 is 1.44 bits per heavy atom. The summed E-state index contributed by atoms with van der Waals surface area (Å²) in [5.41, 5.74) is 8.40. The van der Waals surface area contributed by atoms with Gasteiger partial charge in [-0.05, 0) is 18.9 Å². The highest BCUT2D eigenvalue weighted by Crippen LogP contribution is 2.06. The lowest BCUT2D eigenvalue weighted by molar-refractivity contribution is 0.492. The first-order chi connectivity index (χ1) is 7.63. The molecule has 0 aliphatic rings. The average Bonchev–Trinajstić information content (AvgIpc) is 2.25. The molecule has 0 heterocycles. The summed E-state index contributed by atoms with van der Waals surface area (Å²) in [5.74, 6) is 0.614. The number of hydrogen-bond donors (Lipinski definition) is 1. The number of aliphatic imine (C=N–C) groups is 1. The Labute approximate surface area is 98.0 Å². The fourth-order valence-electron chi connectivity index (χ4n) is 1.51. The van der Waals surface area contributed by atoms with Crippen molar-refractivity contribution in [1.29, 1.82) is 0 Å². The van der Waals surface area contributed by atoms with Crippen molar-refractivity contribution in [3.63, 3.8) is 0 Å². The van der Waals surface area contributed by atoms with Crippen molar-refractivity contribution in [2.75, 3.05) is 13.6 Å². The molecule has 0 atom stereocenters. The number of benzene rings is 1. The molecule has 0 spiro atoms. The van der Waals surface area contributed by atoms with E-state index < -0.39 is 0 Å². The van der Waals surface area contributed by atoms with Gasteiger partial charge >= 0.3 is 0 Å². The van der Waals surface area contributed by atoms with E-state index >= 15 is 0 Å². The van der Waals surface area contributed by atoms with Gasteiger partial charge in [0.2, 0.25) is 0 Å². The van der Waals surface area contributed by atoms with Gasteiger partial charge in [-0.25, -0.2) is 0 Å². The molecule has 0 fully saturated rings. The van der Waals surface area contributed by atoms with E-state index in [9.17, 15) is 0 Å². The van der Waals surface area contributed by atoms with Crippen molar-refractivity contribution >= 4 is 5.96 Å². The molecule has 0 saturated carbocycles. The number of hydrogen-bond acceptors (Lipinski definition) is 1. The van der Waals surface area contributed by atoms with Gasteiger partial charge in [-0.3, -0.25) is 4.99 Å². The van der Waals surface area contributed by atoms with Crippen molar-refractivity contribution in [1.82, 2.24) is 4.90 Å². The highest BCUT2D eigenvalue weighted by Gasteiger charge is 2.02. The zero-order valence-corrected chi connectivity index (χ0v) is 10.4. The Kier molecular flexibility index (Phi) is 4.83. The molecule has 1 aromatic rings. The summed E-state index contributed by atoms with van der Waals surface area (Å²) in [7, 11) is 1.97. The van der Waals surface area contributed by atoms with Gasteiger partial charge in [0.05, 0.1) is 0 Å². The number of aryl methyl sites for hydroxylation is 1. The van der Waals surface area contributed by atoms with Crippen LogP contribution in [0.2, 0.25) is 0 Å². The van der Waals surface area contributed by atoms with Crippen LogP contribution in [0.25, 0.3) is 0 Å². The maximum atomic E-state index is 5.87. The molecule has 0 unspecified atom stereocenters. The molecule has 2 N–H and O–H groups in total. The van der Waals surface area contributed by atoms with Crippen molar-refractivity contribution in [3.8, 4) is 0 Å². The van der Waals surface area contributed by atoms with Gasteiger partial charge < -0.3 is 10.6 Å². The number of rotatable bonds is 4. The van der Waals surface area contributed by atoms with Gasteiger partial charge in [-0.15, -0.1) is 0 Å². The molecule has 0 aliphatic heterocycles. The molecule has 0 amide bonds. The van der Waals surface area contributed by atoms with Crippen LogP contribution in [-0.2, 0) is 6.54 Å². The van der Waals surface area contributed by atoms with E-state index in [4.69, 9.17) is 5.73 Å². The van der Waals surface area contributed by atoms with Crippen LogP contribution < -0.4 is 5.73 Å². The van der Waals surface area contributed by atoms with E-state index in [1.165, 1.54) is 11.1 Å². The number of nitrogens with two attached hydrogens (primary N) is 1. The third-order valence-electron chi connectivity index (χ3n) is 2.39. The standard InChI is InChI=1S/C13H21N3/c1-4-8-15-13(14)16(3)10-12-7-5-6-11(2)9-12/h5-7,9H,4,8,10H2,1-3H3,(H2,14,15). The van der Waals surface area contributed by atoms with Crippen LogP contribution in [-0.4, -0.2) is 24.5 Å². The van der Waals surface area contributed by atoms with Crippen LogP contribution in [0.4, 0.5) is 0 Å². The summed E-state index contributed by atoms with van der Waals surface area (Å²) in [5, 5.41) is 0. The second-order valence-corrected chi connectivity index (χ2v) is 4.09. The summed E-state index contributed by atoms with van der Waals surface area (Å²) in [6.45, 7) is 5.79. The van der Waals surface area contributed by atoms with Crippen LogP contribution in [0.3, 0.4) is 0 Å². The van der Waals surface area contributed by atoms with Gasteiger partial charge in [0.1, 0.15) is 0 Å². The Bertz CT molecular complexity index is 358. The van der Waals surface area contributed by atoms with E-state index in [-0.39, 0.29) is 0 Å². The lowest BCUT2D eigenvalue weighted by Gasteiger charge is -2.18. The maximum Gasteiger partial charge on any atom is 0.191 e. The average molecular weight is 219 g/mol. The quantitative estimate of drug-likeness (QED) is 0.623. The topological polar surface area (TPSA) is 41.6 Å². The molecule has 0 saturated heterocycles. The minimum Gasteiger partial charge on any atom is -0.370 e. The summed E-state index contributed by atoms with van der Waals surface area (Å²) in [6.07, 6.45) is 1.03. The Balaban J connectivity index is 2.60. The molecule has 1 rings (SSSR count). The van der Waals surface area contributed by atoms with Gasteiger partial charge in [-0.1, -0.05) is 36.8 Å². The second kappa shape index (κ2) is 6.16. The zero-order chi connectivity index (χ0) is 12.0.